The van der Waals surface area contributed by atoms with Crippen molar-refractivity contribution in [3.05, 3.63) is 0 Å². The van der Waals surface area contributed by atoms with E-state index in [9.17, 15) is 0 Å². The number of hydrogen-bond donors (Lipinski definition) is 1. The molecule has 0 aliphatic heterocycles. The molecule has 0 saturated carbocycles. The predicted molar refractivity (Wildman–Crippen MR) is 44.1 cm³/mol. The molecule has 0 aliphatic carbocycles. The van der Waals surface area contributed by atoms with Crippen molar-refractivity contribution in [3.63, 3.8) is 0 Å². The Morgan fingerprint density at radius 3 is 2.10 bits per heavy atom. The van der Waals surface area contributed by atoms with Gasteiger partial charge in [-0.2, -0.15) is 0 Å². The summed E-state index contributed by atoms with van der Waals surface area (Å²) in [5, 5.41) is 0. The smallest absolute Gasteiger partial charge is 0.0633 e. The maximum Gasteiger partial charge on any atom is 0.0633 e. The normalized spacial score (nSPS) is 15.3. The van der Waals surface area contributed by atoms with Crippen LogP contribution in [0.5, 0.6) is 0 Å². The van der Waals surface area contributed by atoms with E-state index in [0.29, 0.717) is 6.61 Å². The first-order chi connectivity index (χ1) is 4.52. The lowest BCUT2D eigenvalue weighted by Crippen LogP contribution is -2.38. The third-order valence-corrected chi connectivity index (χ3v) is 1.77. The molecule has 2 nitrogen and oxygen atoms in total. The van der Waals surface area contributed by atoms with Gasteiger partial charge in [-0.1, -0.05) is 20.8 Å². The van der Waals surface area contributed by atoms with Gasteiger partial charge < -0.3 is 4.74 Å². The zero-order chi connectivity index (χ0) is 8.20. The van der Waals surface area contributed by atoms with Crippen LogP contribution < -0.4 is 4.84 Å². The molecule has 0 fully saturated rings. The number of ether oxygens (including phenoxy) is 1. The quantitative estimate of drug-likeness (QED) is 0.644. The van der Waals surface area contributed by atoms with Crippen LogP contribution in [0.15, 0.2) is 0 Å². The van der Waals surface area contributed by atoms with E-state index in [1.165, 1.54) is 0 Å². The molecule has 0 aromatic carbocycles. The predicted octanol–water partition coefficient (Wildman–Crippen LogP) is 1.79. The highest BCUT2D eigenvalue weighted by molar-refractivity contribution is 6.13. The van der Waals surface area contributed by atoms with Crippen molar-refractivity contribution < 1.29 is 4.74 Å². The summed E-state index contributed by atoms with van der Waals surface area (Å²) in [6.07, 6.45) is 0. The molecule has 0 spiro atoms. The highest BCUT2D eigenvalue weighted by atomic mass is 35.5. The zero-order valence-corrected chi connectivity index (χ0v) is 7.83. The number of hydrogen-bond acceptors (Lipinski definition) is 2. The number of methoxy groups -OCH3 is 1. The maximum atomic E-state index is 5.50. The second-order valence-electron chi connectivity index (χ2n) is 3.48. The van der Waals surface area contributed by atoms with E-state index in [-0.39, 0.29) is 11.5 Å². The van der Waals surface area contributed by atoms with Gasteiger partial charge in [-0.25, -0.2) is 4.84 Å². The molecular formula is C7H16ClNO. The van der Waals surface area contributed by atoms with Gasteiger partial charge in [-0.05, 0) is 17.2 Å². The van der Waals surface area contributed by atoms with Crippen LogP contribution in [-0.4, -0.2) is 19.8 Å². The Morgan fingerprint density at radius 2 is 2.00 bits per heavy atom. The van der Waals surface area contributed by atoms with Crippen LogP contribution in [0, 0.1) is 5.41 Å². The molecule has 0 unspecified atom stereocenters. The van der Waals surface area contributed by atoms with Gasteiger partial charge in [0, 0.05) is 7.11 Å². The second-order valence-corrected chi connectivity index (χ2v) is 3.70. The molecule has 0 rings (SSSR count). The number of rotatable bonds is 3. The Bertz CT molecular complexity index is 90.1. The first kappa shape index (κ1) is 10.2. The highest BCUT2D eigenvalue weighted by Gasteiger charge is 2.23. The Labute approximate surface area is 68.0 Å². The summed E-state index contributed by atoms with van der Waals surface area (Å²) in [4.78, 5) is 2.69. The van der Waals surface area contributed by atoms with Gasteiger partial charge in [0.15, 0.2) is 0 Å². The number of nitrogens with one attached hydrogen (secondary N) is 1. The summed E-state index contributed by atoms with van der Waals surface area (Å²) in [6.45, 7) is 7.00. The fraction of sp³-hybridized carbons (Fsp3) is 1.00. The molecule has 1 atom stereocenters. The van der Waals surface area contributed by atoms with Crippen molar-refractivity contribution in [3.8, 4) is 0 Å². The van der Waals surface area contributed by atoms with E-state index in [1.807, 2.05) is 0 Å². The number of halogens is 1. The molecule has 0 heterocycles. The second kappa shape index (κ2) is 4.16. The molecule has 0 bridgehead atoms. The summed E-state index contributed by atoms with van der Waals surface area (Å²) in [7, 11) is 1.67. The van der Waals surface area contributed by atoms with Gasteiger partial charge in [-0.3, -0.25) is 0 Å². The van der Waals surface area contributed by atoms with E-state index in [1.54, 1.807) is 7.11 Å². The zero-order valence-electron chi connectivity index (χ0n) is 7.07. The minimum Gasteiger partial charge on any atom is -0.383 e. The highest BCUT2D eigenvalue weighted by Crippen LogP contribution is 2.19. The van der Waals surface area contributed by atoms with Crippen LogP contribution in [-0.2, 0) is 4.74 Å². The molecular weight excluding hydrogens is 150 g/mol. The first-order valence-corrected chi connectivity index (χ1v) is 3.75. The topological polar surface area (TPSA) is 21.3 Å². The van der Waals surface area contributed by atoms with Gasteiger partial charge in [-0.15, -0.1) is 0 Å². The van der Waals surface area contributed by atoms with Crippen LogP contribution in [0.1, 0.15) is 20.8 Å². The third-order valence-electron chi connectivity index (χ3n) is 1.51. The Hall–Kier alpha value is 0.210. The molecule has 0 saturated heterocycles. The van der Waals surface area contributed by atoms with Crippen LogP contribution in [0.4, 0.5) is 0 Å². The van der Waals surface area contributed by atoms with Gasteiger partial charge in [0.1, 0.15) is 0 Å². The Balaban J connectivity index is 3.81. The molecule has 0 amide bonds. The van der Waals surface area contributed by atoms with Crippen molar-refractivity contribution in [2.45, 2.75) is 26.8 Å². The molecule has 1 N–H and O–H groups in total. The van der Waals surface area contributed by atoms with Crippen molar-refractivity contribution >= 4 is 11.8 Å². The van der Waals surface area contributed by atoms with Crippen LogP contribution >= 0.6 is 11.8 Å². The largest absolute Gasteiger partial charge is 0.383 e. The lowest BCUT2D eigenvalue weighted by Gasteiger charge is -2.28. The summed E-state index contributed by atoms with van der Waals surface area (Å²) >= 11 is 5.50. The fourth-order valence-corrected chi connectivity index (χ4v) is 1.00. The van der Waals surface area contributed by atoms with E-state index in [4.69, 9.17) is 16.5 Å². The Morgan fingerprint density at radius 1 is 1.50 bits per heavy atom. The van der Waals surface area contributed by atoms with Crippen LogP contribution in [0.3, 0.4) is 0 Å². The van der Waals surface area contributed by atoms with Gasteiger partial charge in [0.05, 0.1) is 12.6 Å². The van der Waals surface area contributed by atoms with Crippen molar-refractivity contribution in [2.75, 3.05) is 13.7 Å². The van der Waals surface area contributed by atoms with Crippen molar-refractivity contribution in [1.29, 1.82) is 0 Å². The third kappa shape index (κ3) is 3.40. The summed E-state index contributed by atoms with van der Waals surface area (Å²) < 4.78 is 4.97. The van der Waals surface area contributed by atoms with Gasteiger partial charge >= 0.3 is 0 Å². The van der Waals surface area contributed by atoms with E-state index < -0.39 is 0 Å². The van der Waals surface area contributed by atoms with Gasteiger partial charge in [0.2, 0.25) is 0 Å². The molecule has 62 valence electrons. The molecule has 3 heteroatoms. The van der Waals surface area contributed by atoms with Crippen LogP contribution in [0.25, 0.3) is 0 Å². The van der Waals surface area contributed by atoms with Crippen molar-refractivity contribution in [1.82, 2.24) is 4.84 Å². The summed E-state index contributed by atoms with van der Waals surface area (Å²) in [5.74, 6) is 0. The van der Waals surface area contributed by atoms with E-state index in [0.717, 1.165) is 0 Å². The SMILES string of the molecule is COC[C@@H](NCl)C(C)(C)C. The first-order valence-electron chi connectivity index (χ1n) is 3.37. The average Bonchev–Trinajstić information content (AvgIpc) is 1.80. The minimum absolute atomic E-state index is 0.151. The minimum atomic E-state index is 0.151. The molecule has 0 radical (unpaired) electrons. The lowest BCUT2D eigenvalue weighted by molar-refractivity contribution is 0.127. The molecule has 0 aromatic rings. The van der Waals surface area contributed by atoms with E-state index >= 15 is 0 Å². The summed E-state index contributed by atoms with van der Waals surface area (Å²) in [6, 6.07) is 0.208. The summed E-state index contributed by atoms with van der Waals surface area (Å²) in [5.41, 5.74) is 0.151. The lowest BCUT2D eigenvalue weighted by atomic mass is 9.88. The Kier molecular flexibility index (Phi) is 4.25. The monoisotopic (exact) mass is 165 g/mol. The fourth-order valence-electron chi connectivity index (χ4n) is 0.612. The molecule has 10 heavy (non-hydrogen) atoms. The molecule has 0 aliphatic rings. The molecule has 0 aromatic heterocycles. The van der Waals surface area contributed by atoms with Gasteiger partial charge in [0.25, 0.3) is 0 Å². The standard InChI is InChI=1S/C7H16ClNO/c1-7(2,3)6(9-8)5-10-4/h6,9H,5H2,1-4H3/t6-/m1/s1. The van der Waals surface area contributed by atoms with Crippen molar-refractivity contribution in [2.24, 2.45) is 5.41 Å². The average molecular weight is 166 g/mol. The van der Waals surface area contributed by atoms with E-state index in [2.05, 4.69) is 25.6 Å². The maximum absolute atomic E-state index is 5.50. The van der Waals surface area contributed by atoms with Crippen LogP contribution in [0.2, 0.25) is 0 Å².